The Bertz CT molecular complexity index is 1410. The molecule has 0 aliphatic rings. The van der Waals surface area contributed by atoms with Gasteiger partial charge in [-0.3, -0.25) is 14.3 Å². The minimum absolute atomic E-state index is 0.0614. The van der Waals surface area contributed by atoms with E-state index in [9.17, 15) is 28.2 Å². The van der Waals surface area contributed by atoms with Crippen molar-refractivity contribution in [2.24, 2.45) is 0 Å². The zero-order chi connectivity index (χ0) is 24.6. The number of fused-ring (bicyclic) bond motifs is 1. The summed E-state index contributed by atoms with van der Waals surface area (Å²) >= 11 is 6.39. The summed E-state index contributed by atoms with van der Waals surface area (Å²) in [5.41, 5.74) is -0.395. The van der Waals surface area contributed by atoms with Crippen LogP contribution in [-0.4, -0.2) is 37.7 Å². The molecule has 0 saturated carbocycles. The molecular weight excluding hydrogens is 473 g/mol. The lowest BCUT2D eigenvalue weighted by Crippen LogP contribution is -2.35. The predicted molar refractivity (Wildman–Crippen MR) is 122 cm³/mol. The quantitative estimate of drug-likeness (QED) is 0.407. The van der Waals surface area contributed by atoms with Crippen LogP contribution >= 0.6 is 11.6 Å². The van der Waals surface area contributed by atoms with Gasteiger partial charge in [0.25, 0.3) is 5.56 Å². The molecule has 2 aromatic carbocycles. The van der Waals surface area contributed by atoms with Crippen LogP contribution in [0.15, 0.2) is 65.5 Å². The van der Waals surface area contributed by atoms with Crippen LogP contribution in [0.2, 0.25) is 5.02 Å². The van der Waals surface area contributed by atoms with E-state index < -0.39 is 30.3 Å². The molecule has 0 aliphatic heterocycles. The van der Waals surface area contributed by atoms with E-state index in [2.05, 4.69) is 9.97 Å². The molecule has 11 heteroatoms. The van der Waals surface area contributed by atoms with Crippen molar-refractivity contribution in [1.82, 2.24) is 14.5 Å². The highest BCUT2D eigenvalue weighted by atomic mass is 35.5. The number of hydrogen-bond acceptors (Lipinski definition) is 6. The second kappa shape index (κ2) is 9.05. The lowest BCUT2D eigenvalue weighted by Gasteiger charge is -2.24. The maximum atomic E-state index is 13.0. The fourth-order valence-corrected chi connectivity index (χ4v) is 3.71. The van der Waals surface area contributed by atoms with E-state index in [-0.39, 0.29) is 17.3 Å². The van der Waals surface area contributed by atoms with Crippen LogP contribution in [-0.2, 0) is 6.18 Å². The third-order valence-electron chi connectivity index (χ3n) is 5.18. The van der Waals surface area contributed by atoms with Crippen molar-refractivity contribution in [2.45, 2.75) is 19.3 Å². The van der Waals surface area contributed by atoms with Gasteiger partial charge in [-0.1, -0.05) is 29.8 Å². The average Bonchev–Trinajstić information content (AvgIpc) is 2.78. The highest BCUT2D eigenvalue weighted by molar-refractivity contribution is 6.33. The van der Waals surface area contributed by atoms with Crippen molar-refractivity contribution in [3.05, 3.63) is 81.6 Å². The summed E-state index contributed by atoms with van der Waals surface area (Å²) in [6, 6.07) is 13.6. The number of hydrogen-bond donors (Lipinski definition) is 2. The first-order valence-electron chi connectivity index (χ1n) is 10.0. The summed E-state index contributed by atoms with van der Waals surface area (Å²) in [7, 11) is 0. The number of alkyl halides is 3. The topological polar surface area (TPSA) is 91.5 Å². The molecule has 0 saturated heterocycles. The molecule has 0 radical (unpaired) electrons. The Labute approximate surface area is 196 Å². The molecule has 34 heavy (non-hydrogen) atoms. The number of benzene rings is 2. The minimum atomic E-state index is -4.53. The summed E-state index contributed by atoms with van der Waals surface area (Å²) in [6.07, 6.45) is -5.72. The molecule has 2 N–H and O–H groups in total. The lowest BCUT2D eigenvalue weighted by atomic mass is 10.1. The van der Waals surface area contributed by atoms with Crippen molar-refractivity contribution >= 4 is 28.6 Å². The normalized spacial score (nSPS) is 12.7. The summed E-state index contributed by atoms with van der Waals surface area (Å²) in [4.78, 5) is 22.8. The third-order valence-corrected chi connectivity index (χ3v) is 5.51. The van der Waals surface area contributed by atoms with Gasteiger partial charge in [0.05, 0.1) is 16.9 Å². The molecule has 0 amide bonds. The summed E-state index contributed by atoms with van der Waals surface area (Å²) in [5.74, 6) is -0.105. The molecule has 2 aromatic heterocycles. The molecule has 0 bridgehead atoms. The Balaban J connectivity index is 2.06. The van der Waals surface area contributed by atoms with E-state index in [0.29, 0.717) is 21.7 Å². The molecule has 4 aromatic rings. The molecule has 2 heterocycles. The van der Waals surface area contributed by atoms with Gasteiger partial charge in [-0.15, -0.1) is 0 Å². The van der Waals surface area contributed by atoms with Crippen LogP contribution in [0.5, 0.6) is 0 Å². The largest absolute Gasteiger partial charge is 0.416 e. The number of aromatic nitrogens is 3. The summed E-state index contributed by atoms with van der Waals surface area (Å²) in [6.45, 7) is 0.759. The maximum Gasteiger partial charge on any atom is 0.416 e. The van der Waals surface area contributed by atoms with Gasteiger partial charge in [0.15, 0.2) is 5.65 Å². The number of anilines is 1. The van der Waals surface area contributed by atoms with E-state index in [1.807, 2.05) is 0 Å². The zero-order valence-electron chi connectivity index (χ0n) is 17.7. The molecule has 1 unspecified atom stereocenters. The van der Waals surface area contributed by atoms with Gasteiger partial charge in [-0.2, -0.15) is 18.2 Å². The van der Waals surface area contributed by atoms with E-state index in [1.54, 1.807) is 24.3 Å². The molecule has 7 nitrogen and oxygen atoms in total. The van der Waals surface area contributed by atoms with Crippen molar-refractivity contribution in [1.29, 1.82) is 0 Å². The van der Waals surface area contributed by atoms with Crippen molar-refractivity contribution in [3.63, 3.8) is 0 Å². The number of nitrogens with zero attached hydrogens (tertiary/aromatic N) is 4. The minimum Gasteiger partial charge on any atom is -0.376 e. The first-order valence-corrected chi connectivity index (χ1v) is 10.4. The fraction of sp³-hybridized carbons (Fsp3) is 0.174. The Morgan fingerprint density at radius 1 is 1.06 bits per heavy atom. The van der Waals surface area contributed by atoms with Crippen molar-refractivity contribution in [3.8, 4) is 16.9 Å². The highest BCUT2D eigenvalue weighted by Gasteiger charge is 2.30. The molecule has 1 atom stereocenters. The monoisotopic (exact) mass is 490 g/mol. The van der Waals surface area contributed by atoms with E-state index in [1.165, 1.54) is 31.2 Å². The van der Waals surface area contributed by atoms with Crippen molar-refractivity contribution < 1.29 is 23.4 Å². The van der Waals surface area contributed by atoms with Crippen molar-refractivity contribution in [2.75, 3.05) is 11.6 Å². The zero-order valence-corrected chi connectivity index (χ0v) is 18.4. The van der Waals surface area contributed by atoms with Crippen LogP contribution < -0.4 is 10.5 Å². The number of aliphatic hydroxyl groups excluding tert-OH is 2. The van der Waals surface area contributed by atoms with Gasteiger partial charge in [0.2, 0.25) is 5.95 Å². The molecule has 4 rings (SSSR count). The molecule has 176 valence electrons. The SMILES string of the molecule is CC(O)N(CO)c1nc(-c2ccccc2Cl)c2ccc(=O)n(-c3ccc(C(F)(F)F)cc3)c2n1. The molecule has 0 spiro atoms. The molecule has 0 aliphatic carbocycles. The van der Waals surface area contributed by atoms with Gasteiger partial charge < -0.3 is 10.2 Å². The number of halogens is 4. The number of pyridine rings is 1. The third kappa shape index (κ3) is 4.35. The fourth-order valence-electron chi connectivity index (χ4n) is 3.49. The van der Waals surface area contributed by atoms with Crippen LogP contribution in [0.1, 0.15) is 12.5 Å². The van der Waals surface area contributed by atoms with Crippen LogP contribution in [0, 0.1) is 0 Å². The molecular formula is C23H18ClF3N4O3. The Kier molecular flexibility index (Phi) is 6.30. The Hall–Kier alpha value is -3.47. The summed E-state index contributed by atoms with van der Waals surface area (Å²) in [5, 5.41) is 20.6. The highest BCUT2D eigenvalue weighted by Crippen LogP contribution is 2.34. The lowest BCUT2D eigenvalue weighted by molar-refractivity contribution is -0.137. The van der Waals surface area contributed by atoms with Gasteiger partial charge in [-0.25, -0.2) is 4.98 Å². The predicted octanol–water partition coefficient (Wildman–Crippen LogP) is 4.21. The van der Waals surface area contributed by atoms with E-state index in [0.717, 1.165) is 21.6 Å². The summed E-state index contributed by atoms with van der Waals surface area (Å²) < 4.78 is 40.2. The average molecular weight is 491 g/mol. The van der Waals surface area contributed by atoms with Gasteiger partial charge in [0, 0.05) is 22.0 Å². The number of rotatable bonds is 5. The van der Waals surface area contributed by atoms with E-state index in [4.69, 9.17) is 11.6 Å². The maximum absolute atomic E-state index is 13.0. The first kappa shape index (κ1) is 23.7. The first-order chi connectivity index (χ1) is 16.1. The standard InChI is InChI=1S/C23H18ClF3N4O3/c1-13(33)30(12-32)22-28-20(16-4-2-3-5-18(16)24)17-10-11-19(34)31(21(17)29-22)15-8-6-14(7-9-15)23(25,26)27/h2-11,13,32-33H,12H2,1H3. The number of aliphatic hydroxyl groups is 2. The van der Waals surface area contributed by atoms with E-state index >= 15 is 0 Å². The second-order valence-corrected chi connectivity index (χ2v) is 7.79. The van der Waals surface area contributed by atoms with Gasteiger partial charge >= 0.3 is 6.18 Å². The van der Waals surface area contributed by atoms with Gasteiger partial charge in [-0.05, 0) is 43.3 Å². The Morgan fingerprint density at radius 3 is 2.32 bits per heavy atom. The molecule has 0 fully saturated rings. The second-order valence-electron chi connectivity index (χ2n) is 7.38. The van der Waals surface area contributed by atoms with Gasteiger partial charge in [0.1, 0.15) is 13.0 Å². The van der Waals surface area contributed by atoms with Crippen LogP contribution in [0.4, 0.5) is 19.1 Å². The smallest absolute Gasteiger partial charge is 0.376 e. The van der Waals surface area contributed by atoms with Crippen LogP contribution in [0.25, 0.3) is 28.0 Å². The van der Waals surface area contributed by atoms with Crippen LogP contribution in [0.3, 0.4) is 0 Å². The Morgan fingerprint density at radius 2 is 1.74 bits per heavy atom.